The fourth-order valence-electron chi connectivity index (χ4n) is 2.39. The van der Waals surface area contributed by atoms with Gasteiger partial charge >= 0.3 is 5.97 Å². The maximum Gasteiger partial charge on any atom is 0.318 e. The molecule has 130 valence electrons. The van der Waals surface area contributed by atoms with Crippen molar-refractivity contribution in [2.75, 3.05) is 5.75 Å². The minimum Gasteiger partial charge on any atom is -0.507 e. The van der Waals surface area contributed by atoms with Crippen LogP contribution in [0, 0.1) is 0 Å². The van der Waals surface area contributed by atoms with Gasteiger partial charge in [-0.2, -0.15) is 0 Å². The van der Waals surface area contributed by atoms with Crippen molar-refractivity contribution in [2.45, 2.75) is 72.1 Å². The first-order valence-electron chi connectivity index (χ1n) is 8.16. The monoisotopic (exact) mass is 338 g/mol. The van der Waals surface area contributed by atoms with Crippen molar-refractivity contribution in [3.63, 3.8) is 0 Å². The van der Waals surface area contributed by atoms with E-state index in [1.165, 1.54) is 12.0 Å². The minimum absolute atomic E-state index is 0.154. The van der Waals surface area contributed by atoms with Crippen LogP contribution in [0.4, 0.5) is 0 Å². The summed E-state index contributed by atoms with van der Waals surface area (Å²) in [7, 11) is 0. The lowest BCUT2D eigenvalue weighted by molar-refractivity contribution is -0.133. The van der Waals surface area contributed by atoms with Gasteiger partial charge in [0.2, 0.25) is 0 Å². The Morgan fingerprint density at radius 2 is 1.57 bits per heavy atom. The molecule has 0 aromatic heterocycles. The zero-order valence-corrected chi connectivity index (χ0v) is 16.3. The average Bonchev–Trinajstić information content (AvgIpc) is 2.41. The van der Waals surface area contributed by atoms with Gasteiger partial charge in [-0.3, -0.25) is 4.79 Å². The lowest BCUT2D eigenvalue weighted by Crippen LogP contribution is -2.18. The van der Waals surface area contributed by atoms with Crippen LogP contribution in [0.2, 0.25) is 0 Å². The summed E-state index contributed by atoms with van der Waals surface area (Å²) < 4.78 is 5.06. The van der Waals surface area contributed by atoms with Gasteiger partial charge in [-0.25, -0.2) is 0 Å². The predicted octanol–water partition coefficient (Wildman–Crippen LogP) is 5.13. The molecule has 0 bridgehead atoms. The molecule has 0 saturated heterocycles. The molecule has 4 heteroatoms. The number of phenols is 1. The molecule has 1 aromatic carbocycles. The van der Waals surface area contributed by atoms with Crippen molar-refractivity contribution in [1.29, 1.82) is 0 Å². The van der Waals surface area contributed by atoms with Crippen molar-refractivity contribution in [1.82, 2.24) is 0 Å². The Bertz CT molecular complexity index is 516. The molecule has 0 saturated carbocycles. The molecule has 0 aliphatic rings. The molecule has 0 unspecified atom stereocenters. The summed E-state index contributed by atoms with van der Waals surface area (Å²) in [5, 5.41) is 10.7. The first-order valence-corrected chi connectivity index (χ1v) is 9.07. The van der Waals surface area contributed by atoms with Crippen LogP contribution in [-0.4, -0.2) is 16.8 Å². The van der Waals surface area contributed by atoms with Gasteiger partial charge < -0.3 is 9.29 Å². The highest BCUT2D eigenvalue weighted by molar-refractivity contribution is 7.95. The second kappa shape index (κ2) is 7.61. The maximum absolute atomic E-state index is 11.7. The van der Waals surface area contributed by atoms with Crippen LogP contribution in [0.15, 0.2) is 12.1 Å². The molecule has 1 N–H and O–H groups in total. The molecular formula is C19H30O3S. The van der Waals surface area contributed by atoms with E-state index >= 15 is 0 Å². The molecule has 0 heterocycles. The minimum atomic E-state index is -0.195. The molecule has 1 rings (SSSR count). The largest absolute Gasteiger partial charge is 0.507 e. The highest BCUT2D eigenvalue weighted by atomic mass is 32.2. The predicted molar refractivity (Wildman–Crippen MR) is 98.1 cm³/mol. The third kappa shape index (κ3) is 5.76. The molecule has 3 nitrogen and oxygen atoms in total. The molecule has 1 aromatic rings. The first kappa shape index (κ1) is 19.9. The Morgan fingerprint density at radius 1 is 1.09 bits per heavy atom. The van der Waals surface area contributed by atoms with E-state index in [0.29, 0.717) is 18.6 Å². The van der Waals surface area contributed by atoms with Gasteiger partial charge in [0.25, 0.3) is 0 Å². The van der Waals surface area contributed by atoms with Gasteiger partial charge in [0.05, 0.1) is 18.5 Å². The van der Waals surface area contributed by atoms with Gasteiger partial charge in [-0.1, -0.05) is 60.6 Å². The average molecular weight is 339 g/mol. The van der Waals surface area contributed by atoms with Crippen LogP contribution >= 0.6 is 12.0 Å². The van der Waals surface area contributed by atoms with Gasteiger partial charge in [-0.15, -0.1) is 0 Å². The summed E-state index contributed by atoms with van der Waals surface area (Å²) in [5.41, 5.74) is 2.61. The lowest BCUT2D eigenvalue weighted by Gasteiger charge is -2.28. The molecule has 0 aliphatic heterocycles. The van der Waals surface area contributed by atoms with Crippen LogP contribution in [0.3, 0.4) is 0 Å². The fourth-order valence-corrected chi connectivity index (χ4v) is 2.73. The number of hydrogen-bond acceptors (Lipinski definition) is 4. The number of benzene rings is 1. The summed E-state index contributed by atoms with van der Waals surface area (Å²) in [6, 6.07) is 4.04. The molecule has 0 spiro atoms. The number of phenolic OH excluding ortho intramolecular Hbond substituents is 1. The van der Waals surface area contributed by atoms with Gasteiger partial charge in [0.15, 0.2) is 0 Å². The zero-order valence-electron chi connectivity index (χ0n) is 15.4. The Balaban J connectivity index is 3.11. The van der Waals surface area contributed by atoms with Crippen molar-refractivity contribution in [3.05, 3.63) is 28.8 Å². The summed E-state index contributed by atoms with van der Waals surface area (Å²) >= 11 is 1.18. The van der Waals surface area contributed by atoms with Crippen LogP contribution in [0.1, 0.15) is 71.6 Å². The number of carbonyl (C=O) groups is 1. The van der Waals surface area contributed by atoms with E-state index in [0.717, 1.165) is 22.4 Å². The molecule has 0 amide bonds. The summed E-state index contributed by atoms with van der Waals surface area (Å²) in [5.74, 6) is 0.935. The third-order valence-corrected chi connectivity index (χ3v) is 4.21. The van der Waals surface area contributed by atoms with Crippen molar-refractivity contribution in [3.8, 4) is 5.75 Å². The van der Waals surface area contributed by atoms with E-state index in [-0.39, 0.29) is 16.8 Å². The van der Waals surface area contributed by atoms with Gasteiger partial charge in [0, 0.05) is 5.75 Å². The number of rotatable bonds is 5. The normalized spacial score (nSPS) is 12.3. The number of hydrogen-bond donors (Lipinski definition) is 1. The molecule has 0 fully saturated rings. The second-order valence-corrected chi connectivity index (χ2v) is 8.88. The zero-order chi connectivity index (χ0) is 17.8. The van der Waals surface area contributed by atoms with Gasteiger partial charge in [-0.05, 0) is 33.9 Å². The second-order valence-electron chi connectivity index (χ2n) is 7.90. The highest BCUT2D eigenvalue weighted by Crippen LogP contribution is 2.39. The smallest absolute Gasteiger partial charge is 0.318 e. The van der Waals surface area contributed by atoms with Crippen LogP contribution < -0.4 is 0 Å². The number of aryl methyl sites for hydroxylation is 1. The quantitative estimate of drug-likeness (QED) is 0.756. The van der Waals surface area contributed by atoms with Crippen LogP contribution in [0.5, 0.6) is 5.75 Å². The van der Waals surface area contributed by atoms with E-state index < -0.39 is 0 Å². The van der Waals surface area contributed by atoms with E-state index in [2.05, 4.69) is 41.5 Å². The highest BCUT2D eigenvalue weighted by Gasteiger charge is 2.26. The van der Waals surface area contributed by atoms with Crippen molar-refractivity contribution < 1.29 is 14.1 Å². The van der Waals surface area contributed by atoms with Crippen LogP contribution in [-0.2, 0) is 26.2 Å². The van der Waals surface area contributed by atoms with E-state index in [9.17, 15) is 9.90 Å². The maximum atomic E-state index is 11.7. The van der Waals surface area contributed by atoms with Crippen LogP contribution in [0.25, 0.3) is 0 Å². The van der Waals surface area contributed by atoms with E-state index in [1.54, 1.807) is 0 Å². The Hall–Kier alpha value is -1.16. The standard InChI is InChI=1S/C19H30O3S/c1-8-23-22-16(20)10-9-13-11-14(18(2,3)4)17(21)15(12-13)19(5,6)7/h11-12,21H,8-10H2,1-7H3. The third-order valence-electron chi connectivity index (χ3n) is 3.67. The van der Waals surface area contributed by atoms with E-state index in [4.69, 9.17) is 4.18 Å². The van der Waals surface area contributed by atoms with E-state index in [1.807, 2.05) is 19.1 Å². The summed E-state index contributed by atoms with van der Waals surface area (Å²) in [6.45, 7) is 14.5. The van der Waals surface area contributed by atoms with Gasteiger partial charge in [0.1, 0.15) is 5.75 Å². The molecule has 23 heavy (non-hydrogen) atoms. The lowest BCUT2D eigenvalue weighted by atomic mass is 9.78. The molecular weight excluding hydrogens is 308 g/mol. The number of carbonyl (C=O) groups excluding carboxylic acids is 1. The topological polar surface area (TPSA) is 46.5 Å². The Morgan fingerprint density at radius 3 is 1.96 bits per heavy atom. The Kier molecular flexibility index (Phi) is 6.58. The molecule has 0 radical (unpaired) electrons. The molecule has 0 aliphatic carbocycles. The summed E-state index contributed by atoms with van der Waals surface area (Å²) in [6.07, 6.45) is 0.973. The Labute approximate surface area is 145 Å². The van der Waals surface area contributed by atoms with Crippen molar-refractivity contribution in [2.24, 2.45) is 0 Å². The first-order chi connectivity index (χ1) is 10.5. The summed E-state index contributed by atoms with van der Waals surface area (Å²) in [4.78, 5) is 11.7. The molecule has 0 atom stereocenters. The fraction of sp³-hybridized carbons (Fsp3) is 0.632. The number of aromatic hydroxyl groups is 1. The SMILES string of the molecule is CCSOC(=O)CCc1cc(C(C)(C)C)c(O)c(C(C)(C)C)c1. The van der Waals surface area contributed by atoms with Crippen molar-refractivity contribution >= 4 is 18.0 Å².